The average molecular weight is 305 g/mol. The second-order valence-corrected chi connectivity index (χ2v) is 6.21. The van der Waals surface area contributed by atoms with Crippen LogP contribution in [0.25, 0.3) is 0 Å². The summed E-state index contributed by atoms with van der Waals surface area (Å²) in [5, 5.41) is 2.93. The third kappa shape index (κ3) is 3.97. The molecule has 0 aromatic carbocycles. The fraction of sp³-hybridized carbons (Fsp3) is 0.647. The van der Waals surface area contributed by atoms with E-state index in [1.165, 1.54) is 19.3 Å². The molecule has 1 aliphatic heterocycles. The second kappa shape index (κ2) is 7.58. The number of aryl methyl sites for hydroxylation is 1. The second-order valence-electron chi connectivity index (χ2n) is 6.21. The molecular weight excluding hydrogens is 278 g/mol. The van der Waals surface area contributed by atoms with E-state index in [1.807, 2.05) is 0 Å². The molecule has 5 heteroatoms. The Morgan fingerprint density at radius 3 is 2.91 bits per heavy atom. The van der Waals surface area contributed by atoms with E-state index in [-0.39, 0.29) is 11.3 Å². The predicted molar refractivity (Wildman–Crippen MR) is 87.9 cm³/mol. The van der Waals surface area contributed by atoms with Crippen LogP contribution in [0.5, 0.6) is 0 Å². The Balaban J connectivity index is 1.90. The largest absolute Gasteiger partial charge is 0.363 e. The summed E-state index contributed by atoms with van der Waals surface area (Å²) in [6.07, 6.45) is 6.43. The van der Waals surface area contributed by atoms with Crippen molar-refractivity contribution in [1.82, 2.24) is 15.2 Å². The molecule has 2 heterocycles. The number of pyridine rings is 1. The Bertz CT molecular complexity index is 580. The van der Waals surface area contributed by atoms with E-state index in [9.17, 15) is 9.59 Å². The molecule has 0 spiro atoms. The lowest BCUT2D eigenvalue weighted by Crippen LogP contribution is -2.45. The Labute approximate surface area is 132 Å². The predicted octanol–water partition coefficient (Wildman–Crippen LogP) is 1.87. The first-order valence-corrected chi connectivity index (χ1v) is 8.21. The van der Waals surface area contributed by atoms with Gasteiger partial charge in [-0.1, -0.05) is 13.3 Å². The monoisotopic (exact) mass is 305 g/mol. The zero-order valence-electron chi connectivity index (χ0n) is 13.9. The van der Waals surface area contributed by atoms with Crippen molar-refractivity contribution in [2.45, 2.75) is 59.0 Å². The number of hydrogen-bond donors (Lipinski definition) is 2. The van der Waals surface area contributed by atoms with Crippen LogP contribution >= 0.6 is 0 Å². The first-order valence-electron chi connectivity index (χ1n) is 8.21. The van der Waals surface area contributed by atoms with Crippen LogP contribution in [-0.2, 0) is 11.3 Å². The van der Waals surface area contributed by atoms with Gasteiger partial charge in [0, 0.05) is 29.1 Å². The maximum absolute atomic E-state index is 12.2. The summed E-state index contributed by atoms with van der Waals surface area (Å²) in [4.78, 5) is 29.4. The normalized spacial score (nSPS) is 19.1. The topological polar surface area (TPSA) is 65.2 Å². The molecule has 2 rings (SSSR count). The van der Waals surface area contributed by atoms with Gasteiger partial charge in [0.15, 0.2) is 5.43 Å². The third-order valence-electron chi connectivity index (χ3n) is 4.64. The molecule has 2 N–H and O–H groups in total. The minimum Gasteiger partial charge on any atom is -0.363 e. The molecule has 22 heavy (non-hydrogen) atoms. The van der Waals surface area contributed by atoms with E-state index in [0.717, 1.165) is 18.7 Å². The van der Waals surface area contributed by atoms with Crippen LogP contribution in [0.3, 0.4) is 0 Å². The molecule has 122 valence electrons. The van der Waals surface area contributed by atoms with Crippen LogP contribution in [0.15, 0.2) is 11.0 Å². The molecule has 1 aromatic heterocycles. The van der Waals surface area contributed by atoms with Crippen LogP contribution in [0.4, 0.5) is 0 Å². The van der Waals surface area contributed by atoms with Gasteiger partial charge in [0.2, 0.25) is 5.91 Å². The maximum atomic E-state index is 12.2. The minimum atomic E-state index is 0.0289. The SMILES string of the molecule is CC[C@H]1CCCCN1CC(=O)NCc1[nH]cc(C)c(=O)c1C. The highest BCUT2D eigenvalue weighted by Gasteiger charge is 2.22. The lowest BCUT2D eigenvalue weighted by atomic mass is 10.00. The Morgan fingerprint density at radius 1 is 1.41 bits per heavy atom. The number of likely N-dealkylation sites (tertiary alicyclic amines) is 1. The fourth-order valence-electron chi connectivity index (χ4n) is 3.14. The number of H-pyrrole nitrogens is 1. The third-order valence-corrected chi connectivity index (χ3v) is 4.64. The smallest absolute Gasteiger partial charge is 0.234 e. The number of amides is 1. The van der Waals surface area contributed by atoms with Crippen molar-refractivity contribution in [3.05, 3.63) is 33.2 Å². The van der Waals surface area contributed by atoms with Crippen LogP contribution in [0, 0.1) is 13.8 Å². The van der Waals surface area contributed by atoms with E-state index >= 15 is 0 Å². The molecule has 0 unspecified atom stereocenters. The highest BCUT2D eigenvalue weighted by molar-refractivity contribution is 5.78. The van der Waals surface area contributed by atoms with E-state index < -0.39 is 0 Å². The number of nitrogens with one attached hydrogen (secondary N) is 2. The van der Waals surface area contributed by atoms with E-state index in [0.29, 0.717) is 30.3 Å². The molecule has 0 radical (unpaired) electrons. The number of rotatable bonds is 5. The van der Waals surface area contributed by atoms with E-state index in [1.54, 1.807) is 20.0 Å². The first kappa shape index (κ1) is 16.7. The van der Waals surface area contributed by atoms with Gasteiger partial charge in [-0.25, -0.2) is 0 Å². The summed E-state index contributed by atoms with van der Waals surface area (Å²) in [6.45, 7) is 7.60. The lowest BCUT2D eigenvalue weighted by Gasteiger charge is -2.34. The summed E-state index contributed by atoms with van der Waals surface area (Å²) < 4.78 is 0. The van der Waals surface area contributed by atoms with E-state index in [2.05, 4.69) is 22.1 Å². The number of aromatic amines is 1. The first-order chi connectivity index (χ1) is 10.5. The molecule has 1 atom stereocenters. The van der Waals surface area contributed by atoms with Crippen molar-refractivity contribution in [3.8, 4) is 0 Å². The van der Waals surface area contributed by atoms with Gasteiger partial charge in [0.25, 0.3) is 0 Å². The molecule has 1 aliphatic rings. The average Bonchev–Trinajstić information content (AvgIpc) is 2.52. The van der Waals surface area contributed by atoms with Gasteiger partial charge in [-0.2, -0.15) is 0 Å². The molecule has 1 fully saturated rings. The molecule has 0 bridgehead atoms. The Kier molecular flexibility index (Phi) is 5.77. The fourth-order valence-corrected chi connectivity index (χ4v) is 3.14. The van der Waals surface area contributed by atoms with E-state index in [4.69, 9.17) is 0 Å². The Morgan fingerprint density at radius 2 is 2.18 bits per heavy atom. The molecule has 5 nitrogen and oxygen atoms in total. The van der Waals surface area contributed by atoms with Gasteiger partial charge >= 0.3 is 0 Å². The van der Waals surface area contributed by atoms with Crippen molar-refractivity contribution in [2.24, 2.45) is 0 Å². The van der Waals surface area contributed by atoms with Crippen molar-refractivity contribution >= 4 is 5.91 Å². The number of aromatic nitrogens is 1. The molecule has 1 aromatic rings. The zero-order valence-corrected chi connectivity index (χ0v) is 13.9. The molecule has 1 saturated heterocycles. The number of carbonyl (C=O) groups excluding carboxylic acids is 1. The zero-order chi connectivity index (χ0) is 16.1. The van der Waals surface area contributed by atoms with Gasteiger partial charge in [0.05, 0.1) is 13.1 Å². The molecular formula is C17H27N3O2. The van der Waals surface area contributed by atoms with Gasteiger partial charge < -0.3 is 10.3 Å². The lowest BCUT2D eigenvalue weighted by molar-refractivity contribution is -0.123. The number of nitrogens with zero attached hydrogens (tertiary/aromatic N) is 1. The highest BCUT2D eigenvalue weighted by Crippen LogP contribution is 2.18. The van der Waals surface area contributed by atoms with Crippen molar-refractivity contribution < 1.29 is 4.79 Å². The van der Waals surface area contributed by atoms with Crippen LogP contribution in [0.1, 0.15) is 49.4 Å². The summed E-state index contributed by atoms with van der Waals surface area (Å²) in [7, 11) is 0. The number of piperidine rings is 1. The standard InChI is InChI=1S/C17H27N3O2/c1-4-14-7-5-6-8-20(14)11-16(21)19-10-15-13(3)17(22)12(2)9-18-15/h9,14H,4-8,10-11H2,1-3H3,(H,18,22)(H,19,21)/t14-/m0/s1. The van der Waals surface area contributed by atoms with Gasteiger partial charge in [-0.05, 0) is 39.7 Å². The highest BCUT2D eigenvalue weighted by atomic mass is 16.2. The summed E-state index contributed by atoms with van der Waals surface area (Å²) >= 11 is 0. The molecule has 0 aliphatic carbocycles. The van der Waals surface area contributed by atoms with Crippen LogP contribution < -0.4 is 10.7 Å². The maximum Gasteiger partial charge on any atom is 0.234 e. The summed E-state index contributed by atoms with van der Waals surface area (Å²) in [5.41, 5.74) is 2.22. The Hall–Kier alpha value is -1.62. The summed E-state index contributed by atoms with van der Waals surface area (Å²) in [5.74, 6) is 0.0289. The minimum absolute atomic E-state index is 0.0289. The van der Waals surface area contributed by atoms with Crippen molar-refractivity contribution in [2.75, 3.05) is 13.1 Å². The van der Waals surface area contributed by atoms with Gasteiger partial charge in [0.1, 0.15) is 0 Å². The molecule has 1 amide bonds. The van der Waals surface area contributed by atoms with Gasteiger partial charge in [-0.3, -0.25) is 14.5 Å². The summed E-state index contributed by atoms with van der Waals surface area (Å²) in [6, 6.07) is 0.528. The van der Waals surface area contributed by atoms with Gasteiger partial charge in [-0.15, -0.1) is 0 Å². The quantitative estimate of drug-likeness (QED) is 0.873. The number of carbonyl (C=O) groups is 1. The van der Waals surface area contributed by atoms with Crippen molar-refractivity contribution in [3.63, 3.8) is 0 Å². The number of hydrogen-bond acceptors (Lipinski definition) is 3. The van der Waals surface area contributed by atoms with Crippen LogP contribution in [0.2, 0.25) is 0 Å². The molecule has 0 saturated carbocycles. The van der Waals surface area contributed by atoms with Crippen molar-refractivity contribution in [1.29, 1.82) is 0 Å². The van der Waals surface area contributed by atoms with Crippen LogP contribution in [-0.4, -0.2) is 34.9 Å².